The lowest BCUT2D eigenvalue weighted by molar-refractivity contribution is -0.136. The van der Waals surface area contributed by atoms with E-state index in [-0.39, 0.29) is 18.2 Å². The molecule has 0 amide bonds. The average molecular weight is 336 g/mol. The van der Waals surface area contributed by atoms with Crippen LogP contribution < -0.4 is 4.74 Å². The van der Waals surface area contributed by atoms with Gasteiger partial charge in [0.2, 0.25) is 5.91 Å². The lowest BCUT2D eigenvalue weighted by Gasteiger charge is -2.25. The average Bonchev–Trinajstić information content (AvgIpc) is 2.70. The number of aliphatic carboxylic acids is 1. The normalized spacial score (nSPS) is 14.7. The molecule has 1 fully saturated rings. The van der Waals surface area contributed by atoms with Gasteiger partial charge in [0, 0.05) is 17.0 Å². The minimum Gasteiger partial charge on any atom is -0.495 e. The minimum absolute atomic E-state index is 0.0165. The van der Waals surface area contributed by atoms with Gasteiger partial charge in [-0.3, -0.25) is 14.2 Å². The second-order valence-corrected chi connectivity index (χ2v) is 6.29. The fraction of sp³-hybridized carbons (Fsp3) is 0.412. The molecule has 1 aromatic carbocycles. The van der Waals surface area contributed by atoms with Crippen LogP contribution in [-0.4, -0.2) is 28.7 Å². The highest BCUT2D eigenvalue weighted by atomic mass is 35.5. The zero-order valence-electron chi connectivity index (χ0n) is 13.1. The summed E-state index contributed by atoms with van der Waals surface area (Å²) in [5.41, 5.74) is 1.87. The van der Waals surface area contributed by atoms with Crippen LogP contribution in [0.3, 0.4) is 0 Å². The molecule has 122 valence electrons. The molecule has 3 rings (SSSR count). The first-order chi connectivity index (χ1) is 11.0. The van der Waals surface area contributed by atoms with Gasteiger partial charge in [0.15, 0.2) is 0 Å². The molecule has 1 aromatic heterocycles. The smallest absolute Gasteiger partial charge is 0.307 e. The van der Waals surface area contributed by atoms with Crippen LogP contribution in [0.2, 0.25) is 5.02 Å². The van der Waals surface area contributed by atoms with Crippen molar-refractivity contribution in [3.8, 4) is 5.75 Å². The summed E-state index contributed by atoms with van der Waals surface area (Å²) in [5.74, 6) is -0.444. The molecule has 0 spiro atoms. The minimum atomic E-state index is -0.956. The molecule has 1 heterocycles. The Kier molecular flexibility index (Phi) is 4.06. The SMILES string of the molecule is COc1ccc2c(c1Cl)c(CC(=O)O)c(C)n2C(=O)C1CCC1. The first-order valence-corrected chi connectivity index (χ1v) is 7.95. The van der Waals surface area contributed by atoms with Crippen molar-refractivity contribution in [1.82, 2.24) is 4.57 Å². The van der Waals surface area contributed by atoms with E-state index in [2.05, 4.69) is 0 Å². The highest BCUT2D eigenvalue weighted by molar-refractivity contribution is 6.37. The summed E-state index contributed by atoms with van der Waals surface area (Å²) in [6.45, 7) is 1.78. The van der Waals surface area contributed by atoms with E-state index in [1.54, 1.807) is 23.6 Å². The molecule has 1 aliphatic carbocycles. The first kappa shape index (κ1) is 15.9. The van der Waals surface area contributed by atoms with Gasteiger partial charge in [0.05, 0.1) is 24.1 Å². The van der Waals surface area contributed by atoms with Gasteiger partial charge in [-0.2, -0.15) is 0 Å². The molecule has 1 N–H and O–H groups in total. The summed E-state index contributed by atoms with van der Waals surface area (Å²) in [6.07, 6.45) is 2.65. The number of carbonyl (C=O) groups excluding carboxylic acids is 1. The maximum absolute atomic E-state index is 12.8. The van der Waals surface area contributed by atoms with E-state index < -0.39 is 5.97 Å². The van der Waals surface area contributed by atoms with Gasteiger partial charge in [-0.05, 0) is 37.5 Å². The van der Waals surface area contributed by atoms with Crippen LogP contribution in [0.5, 0.6) is 5.75 Å². The van der Waals surface area contributed by atoms with Crippen LogP contribution >= 0.6 is 11.6 Å². The van der Waals surface area contributed by atoms with Crippen molar-refractivity contribution in [3.05, 3.63) is 28.4 Å². The van der Waals surface area contributed by atoms with Gasteiger partial charge in [-0.1, -0.05) is 18.0 Å². The molecule has 1 aliphatic rings. The van der Waals surface area contributed by atoms with Crippen LogP contribution in [0.4, 0.5) is 0 Å². The maximum atomic E-state index is 12.8. The molecule has 0 atom stereocenters. The largest absolute Gasteiger partial charge is 0.495 e. The fourth-order valence-corrected chi connectivity index (χ4v) is 3.51. The maximum Gasteiger partial charge on any atom is 0.307 e. The molecule has 2 aromatic rings. The molecule has 0 saturated heterocycles. The highest BCUT2D eigenvalue weighted by Gasteiger charge is 2.30. The topological polar surface area (TPSA) is 68.5 Å². The van der Waals surface area contributed by atoms with Crippen molar-refractivity contribution in [2.45, 2.75) is 32.6 Å². The molecule has 6 heteroatoms. The van der Waals surface area contributed by atoms with Crippen molar-refractivity contribution in [2.24, 2.45) is 5.92 Å². The van der Waals surface area contributed by atoms with Crippen molar-refractivity contribution in [2.75, 3.05) is 7.11 Å². The molecule has 1 saturated carbocycles. The monoisotopic (exact) mass is 335 g/mol. The predicted octanol–water partition coefficient (Wildman–Crippen LogP) is 3.68. The number of carboxylic acids is 1. The molecule has 23 heavy (non-hydrogen) atoms. The third kappa shape index (κ3) is 2.49. The third-order valence-electron chi connectivity index (χ3n) is 4.62. The van der Waals surface area contributed by atoms with E-state index in [9.17, 15) is 14.7 Å². The summed E-state index contributed by atoms with van der Waals surface area (Å²) >= 11 is 6.41. The Morgan fingerprint density at radius 3 is 2.61 bits per heavy atom. The van der Waals surface area contributed by atoms with Gasteiger partial charge in [0.25, 0.3) is 0 Å². The number of aromatic nitrogens is 1. The summed E-state index contributed by atoms with van der Waals surface area (Å²) < 4.78 is 6.86. The van der Waals surface area contributed by atoms with Crippen LogP contribution in [0.15, 0.2) is 12.1 Å². The van der Waals surface area contributed by atoms with Crippen molar-refractivity contribution in [1.29, 1.82) is 0 Å². The van der Waals surface area contributed by atoms with E-state index in [4.69, 9.17) is 16.3 Å². The summed E-state index contributed by atoms with van der Waals surface area (Å²) in [4.78, 5) is 24.0. The molecular formula is C17H18ClNO4. The number of hydrogen-bond acceptors (Lipinski definition) is 3. The number of rotatable bonds is 4. The van der Waals surface area contributed by atoms with E-state index in [0.29, 0.717) is 32.9 Å². The van der Waals surface area contributed by atoms with Crippen LogP contribution in [0.25, 0.3) is 10.9 Å². The quantitative estimate of drug-likeness (QED) is 0.925. The van der Waals surface area contributed by atoms with Gasteiger partial charge < -0.3 is 9.84 Å². The second-order valence-electron chi connectivity index (χ2n) is 5.91. The van der Waals surface area contributed by atoms with Gasteiger partial charge in [-0.15, -0.1) is 0 Å². The standard InChI is InChI=1S/C17H18ClNO4/c1-9-11(8-14(20)21)15-12(6-7-13(23-2)16(15)18)19(9)17(22)10-4-3-5-10/h6-7,10H,3-5,8H2,1-2H3,(H,20,21). The third-order valence-corrected chi connectivity index (χ3v) is 5.00. The van der Waals surface area contributed by atoms with E-state index in [1.165, 1.54) is 7.11 Å². The molecule has 0 bridgehead atoms. The number of methoxy groups -OCH3 is 1. The zero-order chi connectivity index (χ0) is 16.7. The number of hydrogen-bond donors (Lipinski definition) is 1. The Labute approximate surface area is 138 Å². The van der Waals surface area contributed by atoms with Gasteiger partial charge in [0.1, 0.15) is 5.75 Å². The molecule has 0 unspecified atom stereocenters. The van der Waals surface area contributed by atoms with Gasteiger partial charge >= 0.3 is 5.97 Å². The Balaban J connectivity index is 2.27. The number of nitrogens with zero attached hydrogens (tertiary/aromatic N) is 1. The van der Waals surface area contributed by atoms with E-state index in [1.807, 2.05) is 0 Å². The summed E-state index contributed by atoms with van der Waals surface area (Å²) in [6, 6.07) is 3.48. The first-order valence-electron chi connectivity index (χ1n) is 7.58. The van der Waals surface area contributed by atoms with Crippen molar-refractivity contribution < 1.29 is 19.4 Å². The Bertz CT molecular complexity index is 805. The molecule has 0 radical (unpaired) electrons. The van der Waals surface area contributed by atoms with E-state index in [0.717, 1.165) is 19.3 Å². The van der Waals surface area contributed by atoms with Crippen LogP contribution in [0, 0.1) is 12.8 Å². The summed E-state index contributed by atoms with van der Waals surface area (Å²) in [7, 11) is 1.51. The number of halogens is 1. The number of benzene rings is 1. The van der Waals surface area contributed by atoms with Crippen LogP contribution in [-0.2, 0) is 11.2 Å². The number of carbonyl (C=O) groups is 2. The second kappa shape index (κ2) is 5.89. The fourth-order valence-electron chi connectivity index (χ4n) is 3.16. The van der Waals surface area contributed by atoms with E-state index >= 15 is 0 Å². The van der Waals surface area contributed by atoms with Crippen LogP contribution in [0.1, 0.15) is 35.3 Å². The Morgan fingerprint density at radius 1 is 1.39 bits per heavy atom. The molecule has 0 aliphatic heterocycles. The Hall–Kier alpha value is -2.01. The highest BCUT2D eigenvalue weighted by Crippen LogP contribution is 2.39. The molecular weight excluding hydrogens is 318 g/mol. The van der Waals surface area contributed by atoms with Gasteiger partial charge in [-0.25, -0.2) is 0 Å². The number of ether oxygens (including phenoxy) is 1. The lowest BCUT2D eigenvalue weighted by Crippen LogP contribution is -2.28. The Morgan fingerprint density at radius 2 is 2.09 bits per heavy atom. The molecule has 5 nitrogen and oxygen atoms in total. The van der Waals surface area contributed by atoms with Crippen molar-refractivity contribution >= 4 is 34.4 Å². The zero-order valence-corrected chi connectivity index (χ0v) is 13.8. The van der Waals surface area contributed by atoms with Crippen molar-refractivity contribution in [3.63, 3.8) is 0 Å². The lowest BCUT2D eigenvalue weighted by atomic mass is 9.84. The number of fused-ring (bicyclic) bond motifs is 1. The summed E-state index contributed by atoms with van der Waals surface area (Å²) in [5, 5.41) is 10.2. The predicted molar refractivity (Wildman–Crippen MR) is 87.5 cm³/mol. The number of carboxylic acid groups (broad SMARTS) is 1.